The number of aromatic amines is 1. The Morgan fingerprint density at radius 2 is 2.00 bits per heavy atom. The van der Waals surface area contributed by atoms with Crippen molar-refractivity contribution in [3.05, 3.63) is 44.8 Å². The summed E-state index contributed by atoms with van der Waals surface area (Å²) in [5.41, 5.74) is 2.03. The zero-order chi connectivity index (χ0) is 20.8. The average molecular weight is 442 g/mol. The smallest absolute Gasteiger partial charge is 0.266 e. The van der Waals surface area contributed by atoms with E-state index in [1.54, 1.807) is 25.2 Å². The normalized spacial score (nSPS) is 14.5. The van der Waals surface area contributed by atoms with Crippen LogP contribution >= 0.6 is 22.7 Å². The number of aromatic nitrogens is 3. The first-order valence-corrected chi connectivity index (χ1v) is 11.2. The van der Waals surface area contributed by atoms with E-state index < -0.39 is 0 Å². The van der Waals surface area contributed by atoms with Gasteiger partial charge in [0.15, 0.2) is 5.13 Å². The maximum atomic E-state index is 12.9. The molecule has 0 radical (unpaired) electrons. The fourth-order valence-electron chi connectivity index (χ4n) is 3.54. The molecule has 30 heavy (non-hydrogen) atoms. The SMILES string of the molecule is Cc1nc2sc(C(=O)Nc3ccc4nc(N5CCOCC5)sc4c3)c(C)c2c(=O)[nH]1. The van der Waals surface area contributed by atoms with Crippen molar-refractivity contribution in [3.63, 3.8) is 0 Å². The second-order valence-corrected chi connectivity index (χ2v) is 9.13. The molecule has 1 aromatic carbocycles. The van der Waals surface area contributed by atoms with Gasteiger partial charge in [0.05, 0.1) is 33.7 Å². The number of thiazole rings is 1. The molecule has 1 saturated heterocycles. The number of thiophene rings is 1. The molecule has 4 heterocycles. The third kappa shape index (κ3) is 3.36. The van der Waals surface area contributed by atoms with E-state index in [2.05, 4.69) is 20.2 Å². The van der Waals surface area contributed by atoms with Gasteiger partial charge >= 0.3 is 0 Å². The molecule has 0 bridgehead atoms. The van der Waals surface area contributed by atoms with Crippen molar-refractivity contribution in [2.45, 2.75) is 13.8 Å². The highest BCUT2D eigenvalue weighted by Crippen LogP contribution is 2.32. The second kappa shape index (κ2) is 7.46. The maximum absolute atomic E-state index is 12.9. The van der Waals surface area contributed by atoms with E-state index >= 15 is 0 Å². The number of carbonyl (C=O) groups is 1. The highest BCUT2D eigenvalue weighted by molar-refractivity contribution is 7.22. The summed E-state index contributed by atoms with van der Waals surface area (Å²) in [6.07, 6.45) is 0. The molecule has 8 nitrogen and oxygen atoms in total. The summed E-state index contributed by atoms with van der Waals surface area (Å²) >= 11 is 2.84. The van der Waals surface area contributed by atoms with Gasteiger partial charge in [0.1, 0.15) is 10.7 Å². The summed E-state index contributed by atoms with van der Waals surface area (Å²) in [6.45, 7) is 6.60. The number of aryl methyl sites for hydroxylation is 2. The molecule has 154 valence electrons. The van der Waals surface area contributed by atoms with Gasteiger partial charge in [0.2, 0.25) is 0 Å². The van der Waals surface area contributed by atoms with Crippen molar-refractivity contribution < 1.29 is 9.53 Å². The summed E-state index contributed by atoms with van der Waals surface area (Å²) in [4.78, 5) is 40.2. The molecule has 3 aromatic heterocycles. The molecule has 0 atom stereocenters. The first-order chi connectivity index (χ1) is 14.5. The number of fused-ring (bicyclic) bond motifs is 2. The van der Waals surface area contributed by atoms with Crippen molar-refractivity contribution >= 4 is 59.8 Å². The standard InChI is InChI=1S/C20H19N5O3S2/c1-10-15-17(26)21-11(2)22-19(15)30-16(10)18(27)23-12-3-4-13-14(9-12)29-20(24-13)25-5-7-28-8-6-25/h3-4,9H,5-8H2,1-2H3,(H,23,27)(H,21,22,26). The van der Waals surface area contributed by atoms with Crippen LogP contribution in [0, 0.1) is 13.8 Å². The summed E-state index contributed by atoms with van der Waals surface area (Å²) in [6, 6.07) is 5.70. The minimum absolute atomic E-state index is 0.216. The van der Waals surface area contributed by atoms with Crippen LogP contribution in [0.4, 0.5) is 10.8 Å². The van der Waals surface area contributed by atoms with Crippen molar-refractivity contribution in [3.8, 4) is 0 Å². The van der Waals surface area contributed by atoms with Gasteiger partial charge in [-0.1, -0.05) is 11.3 Å². The van der Waals surface area contributed by atoms with E-state index in [-0.39, 0.29) is 11.5 Å². The molecule has 1 fully saturated rings. The van der Waals surface area contributed by atoms with Crippen molar-refractivity contribution in [1.82, 2.24) is 15.0 Å². The Labute approximate surface area is 179 Å². The number of nitrogens with one attached hydrogen (secondary N) is 2. The second-order valence-electron chi connectivity index (χ2n) is 7.12. The van der Waals surface area contributed by atoms with Gasteiger partial charge in [0.25, 0.3) is 11.5 Å². The number of carbonyl (C=O) groups excluding carboxylic acids is 1. The Morgan fingerprint density at radius 3 is 2.80 bits per heavy atom. The molecule has 1 amide bonds. The molecule has 0 saturated carbocycles. The Balaban J connectivity index is 1.43. The van der Waals surface area contributed by atoms with E-state index in [0.29, 0.717) is 45.4 Å². The van der Waals surface area contributed by atoms with Gasteiger partial charge in [-0.3, -0.25) is 9.59 Å². The molecule has 1 aliphatic rings. The number of amides is 1. The number of ether oxygens (including phenoxy) is 1. The number of nitrogens with zero attached hydrogens (tertiary/aromatic N) is 3. The lowest BCUT2D eigenvalue weighted by molar-refractivity contribution is 0.103. The number of rotatable bonds is 3. The number of benzene rings is 1. The van der Waals surface area contributed by atoms with Gasteiger partial charge in [0, 0.05) is 18.8 Å². The maximum Gasteiger partial charge on any atom is 0.266 e. The summed E-state index contributed by atoms with van der Waals surface area (Å²) in [5, 5.41) is 4.40. The third-order valence-electron chi connectivity index (χ3n) is 5.04. The molecule has 4 aromatic rings. The fourth-order valence-corrected chi connectivity index (χ4v) is 5.72. The molecule has 0 spiro atoms. The lowest BCUT2D eigenvalue weighted by atomic mass is 10.2. The first kappa shape index (κ1) is 19.2. The Hall–Kier alpha value is -2.82. The highest BCUT2D eigenvalue weighted by Gasteiger charge is 2.20. The summed E-state index contributed by atoms with van der Waals surface area (Å²) in [7, 11) is 0. The molecule has 10 heteroatoms. The minimum Gasteiger partial charge on any atom is -0.378 e. The van der Waals surface area contributed by atoms with Crippen LogP contribution in [0.15, 0.2) is 23.0 Å². The van der Waals surface area contributed by atoms with Crippen LogP contribution in [0.1, 0.15) is 21.1 Å². The lowest BCUT2D eigenvalue weighted by Gasteiger charge is -2.25. The van der Waals surface area contributed by atoms with Crippen LogP contribution in [0.25, 0.3) is 20.4 Å². The van der Waals surface area contributed by atoms with Crippen LogP contribution < -0.4 is 15.8 Å². The average Bonchev–Trinajstić information content (AvgIpc) is 3.29. The molecule has 0 unspecified atom stereocenters. The lowest BCUT2D eigenvalue weighted by Crippen LogP contribution is -2.36. The van der Waals surface area contributed by atoms with E-state index in [1.807, 2.05) is 18.2 Å². The number of hydrogen-bond acceptors (Lipinski definition) is 8. The van der Waals surface area contributed by atoms with E-state index in [1.165, 1.54) is 11.3 Å². The van der Waals surface area contributed by atoms with Crippen LogP contribution in [0.5, 0.6) is 0 Å². The topological polar surface area (TPSA) is 100 Å². The van der Waals surface area contributed by atoms with E-state index in [0.717, 1.165) is 28.4 Å². The van der Waals surface area contributed by atoms with Crippen molar-refractivity contribution in [2.24, 2.45) is 0 Å². The molecule has 5 rings (SSSR count). The zero-order valence-corrected chi connectivity index (χ0v) is 18.1. The number of hydrogen-bond donors (Lipinski definition) is 2. The Bertz CT molecular complexity index is 1330. The molecular formula is C20H19N5O3S2. The third-order valence-corrected chi connectivity index (χ3v) is 7.31. The minimum atomic E-state index is -0.246. The van der Waals surface area contributed by atoms with Crippen LogP contribution in [0.2, 0.25) is 0 Å². The number of anilines is 2. The number of morpholine rings is 1. The van der Waals surface area contributed by atoms with Gasteiger partial charge in [-0.15, -0.1) is 11.3 Å². The molecular weight excluding hydrogens is 422 g/mol. The van der Waals surface area contributed by atoms with Gasteiger partial charge in [-0.05, 0) is 37.6 Å². The zero-order valence-electron chi connectivity index (χ0n) is 16.4. The van der Waals surface area contributed by atoms with E-state index in [9.17, 15) is 9.59 Å². The summed E-state index contributed by atoms with van der Waals surface area (Å²) < 4.78 is 6.42. The molecule has 2 N–H and O–H groups in total. The molecule has 1 aliphatic heterocycles. The van der Waals surface area contributed by atoms with Crippen molar-refractivity contribution in [1.29, 1.82) is 0 Å². The largest absolute Gasteiger partial charge is 0.378 e. The Kier molecular flexibility index (Phi) is 4.76. The van der Waals surface area contributed by atoms with Gasteiger partial charge < -0.3 is 19.9 Å². The summed E-state index contributed by atoms with van der Waals surface area (Å²) in [5.74, 6) is 0.289. The quantitative estimate of drug-likeness (QED) is 0.506. The van der Waals surface area contributed by atoms with Gasteiger partial charge in [-0.25, -0.2) is 9.97 Å². The fraction of sp³-hybridized carbons (Fsp3) is 0.300. The predicted octanol–water partition coefficient (Wildman–Crippen LogP) is 3.30. The van der Waals surface area contributed by atoms with Crippen LogP contribution in [-0.2, 0) is 4.74 Å². The van der Waals surface area contributed by atoms with E-state index in [4.69, 9.17) is 9.72 Å². The van der Waals surface area contributed by atoms with Crippen molar-refractivity contribution in [2.75, 3.05) is 36.5 Å². The number of H-pyrrole nitrogens is 1. The van der Waals surface area contributed by atoms with Crippen LogP contribution in [0.3, 0.4) is 0 Å². The molecule has 0 aliphatic carbocycles. The monoisotopic (exact) mass is 441 g/mol. The first-order valence-electron chi connectivity index (χ1n) is 9.54. The predicted molar refractivity (Wildman–Crippen MR) is 120 cm³/mol. The van der Waals surface area contributed by atoms with Gasteiger partial charge in [-0.2, -0.15) is 0 Å². The highest BCUT2D eigenvalue weighted by atomic mass is 32.1. The van der Waals surface area contributed by atoms with Crippen LogP contribution in [-0.4, -0.2) is 47.2 Å². The Morgan fingerprint density at radius 1 is 1.20 bits per heavy atom.